The standard InChI is InChI=1S/C16H23N5O3/c1-6-20-9-12(17-15(20)16(4,5)24-8-3)10-21-11-13(18-19-21)14(22)23-7-2/h6,9,11H,1,7-8,10H2,2-5H3. The van der Waals surface area contributed by atoms with Crippen molar-refractivity contribution in [1.82, 2.24) is 24.5 Å². The molecule has 2 rings (SSSR count). The number of hydrogen-bond acceptors (Lipinski definition) is 6. The molecule has 8 nitrogen and oxygen atoms in total. The summed E-state index contributed by atoms with van der Waals surface area (Å²) in [6.45, 7) is 12.7. The topological polar surface area (TPSA) is 84.1 Å². The van der Waals surface area contributed by atoms with Crippen molar-refractivity contribution in [1.29, 1.82) is 0 Å². The first-order valence-electron chi connectivity index (χ1n) is 7.83. The normalized spacial score (nSPS) is 11.5. The van der Waals surface area contributed by atoms with Crippen LogP contribution in [0.3, 0.4) is 0 Å². The largest absolute Gasteiger partial charge is 0.461 e. The van der Waals surface area contributed by atoms with Crippen molar-refractivity contribution < 1.29 is 14.3 Å². The summed E-state index contributed by atoms with van der Waals surface area (Å²) in [6, 6.07) is 0. The van der Waals surface area contributed by atoms with Crippen LogP contribution in [0.5, 0.6) is 0 Å². The van der Waals surface area contributed by atoms with Crippen LogP contribution in [-0.4, -0.2) is 43.7 Å². The number of esters is 1. The molecule has 2 aromatic heterocycles. The highest BCUT2D eigenvalue weighted by Gasteiger charge is 2.27. The lowest BCUT2D eigenvalue weighted by atomic mass is 10.1. The van der Waals surface area contributed by atoms with Gasteiger partial charge in [-0.1, -0.05) is 11.8 Å². The van der Waals surface area contributed by atoms with E-state index in [-0.39, 0.29) is 5.69 Å². The van der Waals surface area contributed by atoms with Crippen LogP contribution in [0.2, 0.25) is 0 Å². The molecule has 0 atom stereocenters. The molecule has 2 aromatic rings. The van der Waals surface area contributed by atoms with E-state index in [1.54, 1.807) is 17.8 Å². The maximum Gasteiger partial charge on any atom is 0.360 e. The molecule has 0 N–H and O–H groups in total. The van der Waals surface area contributed by atoms with Gasteiger partial charge in [-0.2, -0.15) is 0 Å². The number of hydrogen-bond donors (Lipinski definition) is 0. The average Bonchev–Trinajstić information content (AvgIpc) is 3.15. The molecule has 0 saturated carbocycles. The summed E-state index contributed by atoms with van der Waals surface area (Å²) in [5.41, 5.74) is 0.396. The molecule has 0 aromatic carbocycles. The van der Waals surface area contributed by atoms with Crippen molar-refractivity contribution >= 4 is 12.2 Å². The van der Waals surface area contributed by atoms with E-state index in [0.29, 0.717) is 19.8 Å². The Morgan fingerprint density at radius 2 is 2.08 bits per heavy atom. The van der Waals surface area contributed by atoms with Crippen LogP contribution in [-0.2, 0) is 21.6 Å². The van der Waals surface area contributed by atoms with Gasteiger partial charge in [0.2, 0.25) is 0 Å². The second kappa shape index (κ2) is 7.39. The molecule has 2 heterocycles. The van der Waals surface area contributed by atoms with Crippen molar-refractivity contribution in [2.45, 2.75) is 39.8 Å². The van der Waals surface area contributed by atoms with Gasteiger partial charge in [-0.25, -0.2) is 14.5 Å². The molecule has 0 unspecified atom stereocenters. The van der Waals surface area contributed by atoms with E-state index in [1.807, 2.05) is 31.5 Å². The lowest BCUT2D eigenvalue weighted by molar-refractivity contribution is -0.0215. The zero-order valence-electron chi connectivity index (χ0n) is 14.5. The van der Waals surface area contributed by atoms with E-state index in [9.17, 15) is 4.79 Å². The van der Waals surface area contributed by atoms with E-state index in [0.717, 1.165) is 11.5 Å². The number of carbonyl (C=O) groups excluding carboxylic acids is 1. The summed E-state index contributed by atoms with van der Waals surface area (Å²) in [5, 5.41) is 7.76. The van der Waals surface area contributed by atoms with Gasteiger partial charge in [0.05, 0.1) is 25.0 Å². The van der Waals surface area contributed by atoms with Crippen LogP contribution in [0, 0.1) is 0 Å². The fourth-order valence-electron chi connectivity index (χ4n) is 2.37. The molecule has 130 valence electrons. The first kappa shape index (κ1) is 17.9. The zero-order valence-corrected chi connectivity index (χ0v) is 14.5. The number of imidazole rings is 1. The zero-order chi connectivity index (χ0) is 17.7. The fourth-order valence-corrected chi connectivity index (χ4v) is 2.37. The molecule has 0 spiro atoms. The molecule has 0 amide bonds. The van der Waals surface area contributed by atoms with Gasteiger partial charge >= 0.3 is 5.97 Å². The molecular formula is C16H23N5O3. The predicted molar refractivity (Wildman–Crippen MR) is 88.3 cm³/mol. The van der Waals surface area contributed by atoms with Crippen LogP contribution < -0.4 is 0 Å². The van der Waals surface area contributed by atoms with Crippen LogP contribution in [0.15, 0.2) is 19.0 Å². The van der Waals surface area contributed by atoms with Gasteiger partial charge in [0.1, 0.15) is 11.4 Å². The van der Waals surface area contributed by atoms with Gasteiger partial charge in [0.25, 0.3) is 0 Å². The van der Waals surface area contributed by atoms with Crippen molar-refractivity contribution in [3.63, 3.8) is 0 Å². The van der Waals surface area contributed by atoms with Crippen LogP contribution in [0.1, 0.15) is 49.7 Å². The third-order valence-electron chi connectivity index (χ3n) is 3.37. The molecule has 0 fully saturated rings. The summed E-state index contributed by atoms with van der Waals surface area (Å²) in [6.07, 6.45) is 5.07. The summed E-state index contributed by atoms with van der Waals surface area (Å²) >= 11 is 0. The number of rotatable bonds is 8. The Morgan fingerprint density at radius 1 is 1.33 bits per heavy atom. The van der Waals surface area contributed by atoms with Crippen LogP contribution >= 0.6 is 0 Å². The van der Waals surface area contributed by atoms with Crippen molar-refractivity contribution in [2.75, 3.05) is 13.2 Å². The highest BCUT2D eigenvalue weighted by atomic mass is 16.5. The Labute approximate surface area is 141 Å². The van der Waals surface area contributed by atoms with Gasteiger partial charge in [-0.05, 0) is 27.7 Å². The van der Waals surface area contributed by atoms with Crippen LogP contribution in [0.25, 0.3) is 6.20 Å². The average molecular weight is 333 g/mol. The Hall–Kier alpha value is -2.48. The Bertz CT molecular complexity index is 717. The molecule has 0 aliphatic heterocycles. The van der Waals surface area contributed by atoms with Gasteiger partial charge in [0.15, 0.2) is 5.69 Å². The number of carbonyl (C=O) groups is 1. The predicted octanol–water partition coefficient (Wildman–Crippen LogP) is 2.07. The van der Waals surface area contributed by atoms with E-state index < -0.39 is 11.6 Å². The van der Waals surface area contributed by atoms with E-state index in [4.69, 9.17) is 9.47 Å². The summed E-state index contributed by atoms with van der Waals surface area (Å²) in [4.78, 5) is 16.2. The van der Waals surface area contributed by atoms with Crippen molar-refractivity contribution in [3.8, 4) is 0 Å². The summed E-state index contributed by atoms with van der Waals surface area (Å²) < 4.78 is 14.0. The van der Waals surface area contributed by atoms with Gasteiger partial charge in [-0.15, -0.1) is 5.10 Å². The first-order chi connectivity index (χ1) is 11.4. The Balaban J connectivity index is 2.20. The highest BCUT2D eigenvalue weighted by molar-refractivity contribution is 5.86. The molecule has 0 aliphatic rings. The second-order valence-corrected chi connectivity index (χ2v) is 5.61. The molecule has 0 aliphatic carbocycles. The molecule has 0 bridgehead atoms. The molecular weight excluding hydrogens is 310 g/mol. The Morgan fingerprint density at radius 3 is 2.71 bits per heavy atom. The van der Waals surface area contributed by atoms with Crippen molar-refractivity contribution in [3.05, 3.63) is 36.2 Å². The van der Waals surface area contributed by atoms with E-state index in [2.05, 4.69) is 21.9 Å². The minimum atomic E-state index is -0.542. The minimum absolute atomic E-state index is 0.176. The summed E-state index contributed by atoms with van der Waals surface area (Å²) in [5.74, 6) is 0.263. The highest BCUT2D eigenvalue weighted by Crippen LogP contribution is 2.24. The lowest BCUT2D eigenvalue weighted by Crippen LogP contribution is -2.25. The summed E-state index contributed by atoms with van der Waals surface area (Å²) in [7, 11) is 0. The van der Waals surface area contributed by atoms with Crippen LogP contribution in [0.4, 0.5) is 0 Å². The smallest absolute Gasteiger partial charge is 0.360 e. The second-order valence-electron chi connectivity index (χ2n) is 5.61. The lowest BCUT2D eigenvalue weighted by Gasteiger charge is -2.23. The third kappa shape index (κ3) is 3.88. The maximum atomic E-state index is 11.6. The Kier molecular flexibility index (Phi) is 5.50. The molecule has 0 radical (unpaired) electrons. The quantitative estimate of drug-likeness (QED) is 0.688. The van der Waals surface area contributed by atoms with Crippen molar-refractivity contribution in [2.24, 2.45) is 0 Å². The maximum absolute atomic E-state index is 11.6. The minimum Gasteiger partial charge on any atom is -0.461 e. The molecule has 0 saturated heterocycles. The number of ether oxygens (including phenoxy) is 2. The third-order valence-corrected chi connectivity index (χ3v) is 3.37. The van der Waals surface area contributed by atoms with Gasteiger partial charge in [-0.3, -0.25) is 0 Å². The first-order valence-corrected chi connectivity index (χ1v) is 7.83. The molecule has 24 heavy (non-hydrogen) atoms. The monoisotopic (exact) mass is 333 g/mol. The fraction of sp³-hybridized carbons (Fsp3) is 0.500. The number of aromatic nitrogens is 5. The SMILES string of the molecule is C=Cn1cc(Cn2cc(C(=O)OCC)nn2)nc1C(C)(C)OCC. The van der Waals surface area contributed by atoms with E-state index in [1.165, 1.54) is 6.20 Å². The number of nitrogens with zero attached hydrogens (tertiary/aromatic N) is 5. The molecule has 8 heteroatoms. The van der Waals surface area contributed by atoms with E-state index >= 15 is 0 Å². The van der Waals surface area contributed by atoms with Gasteiger partial charge < -0.3 is 14.0 Å². The van der Waals surface area contributed by atoms with Gasteiger partial charge in [0, 0.05) is 19.0 Å².